The molecule has 1 aromatic rings. The minimum atomic E-state index is 0.173. The van der Waals surface area contributed by atoms with Crippen LogP contribution in [0.15, 0.2) is 30.3 Å². The number of carbonyl (C=O) groups is 1. The van der Waals surface area contributed by atoms with E-state index in [4.69, 9.17) is 0 Å². The van der Waals surface area contributed by atoms with Crippen LogP contribution >= 0.6 is 11.8 Å². The number of nitrogens with one attached hydrogen (secondary N) is 1. The predicted molar refractivity (Wildman–Crippen MR) is 92.9 cm³/mol. The van der Waals surface area contributed by atoms with E-state index in [1.54, 1.807) is 0 Å². The van der Waals surface area contributed by atoms with Gasteiger partial charge in [0.15, 0.2) is 0 Å². The number of likely N-dealkylation sites (tertiary alicyclic amines) is 1. The molecule has 2 saturated heterocycles. The molecular formula is C18H26N2OS. The predicted octanol–water partition coefficient (Wildman–Crippen LogP) is 2.77. The Hall–Kier alpha value is -1.00. The molecule has 2 fully saturated rings. The highest BCUT2D eigenvalue weighted by atomic mass is 32.2. The standard InChI is InChI=1S/C18H26N2OS/c21-18(19-11-16-8-10-22-14-16)17-7-4-9-20(13-17)12-15-5-2-1-3-6-15/h1-3,5-6,16-17H,4,7-14H2,(H,19,21)/t16-,17-/m0/s1. The quantitative estimate of drug-likeness (QED) is 0.906. The number of carbonyl (C=O) groups excluding carboxylic acids is 1. The van der Waals surface area contributed by atoms with E-state index >= 15 is 0 Å². The van der Waals surface area contributed by atoms with Crippen molar-refractivity contribution in [3.63, 3.8) is 0 Å². The van der Waals surface area contributed by atoms with Crippen LogP contribution in [0.1, 0.15) is 24.8 Å². The Morgan fingerprint density at radius 3 is 2.91 bits per heavy atom. The van der Waals surface area contributed by atoms with Gasteiger partial charge in [-0.05, 0) is 48.8 Å². The molecule has 2 aliphatic heterocycles. The molecule has 0 bridgehead atoms. The molecule has 0 unspecified atom stereocenters. The van der Waals surface area contributed by atoms with Crippen LogP contribution in [0.4, 0.5) is 0 Å². The van der Waals surface area contributed by atoms with Gasteiger partial charge in [0.25, 0.3) is 0 Å². The van der Waals surface area contributed by atoms with Crippen LogP contribution in [0, 0.1) is 11.8 Å². The zero-order valence-electron chi connectivity index (χ0n) is 13.2. The lowest BCUT2D eigenvalue weighted by atomic mass is 9.96. The minimum Gasteiger partial charge on any atom is -0.356 e. The summed E-state index contributed by atoms with van der Waals surface area (Å²) >= 11 is 2.01. The highest BCUT2D eigenvalue weighted by Gasteiger charge is 2.26. The van der Waals surface area contributed by atoms with Crippen molar-refractivity contribution in [3.8, 4) is 0 Å². The lowest BCUT2D eigenvalue weighted by Crippen LogP contribution is -2.43. The molecule has 2 heterocycles. The first-order valence-electron chi connectivity index (χ1n) is 8.43. The molecular weight excluding hydrogens is 292 g/mol. The third kappa shape index (κ3) is 4.50. The highest BCUT2D eigenvalue weighted by molar-refractivity contribution is 7.99. The largest absolute Gasteiger partial charge is 0.356 e. The molecule has 3 nitrogen and oxygen atoms in total. The molecule has 2 aliphatic rings. The second kappa shape index (κ2) is 8.02. The van der Waals surface area contributed by atoms with E-state index in [1.165, 1.54) is 23.5 Å². The number of hydrogen-bond donors (Lipinski definition) is 1. The van der Waals surface area contributed by atoms with Crippen molar-refractivity contribution in [1.29, 1.82) is 0 Å². The Morgan fingerprint density at radius 2 is 2.14 bits per heavy atom. The normalized spacial score (nSPS) is 26.0. The fraction of sp³-hybridized carbons (Fsp3) is 0.611. The number of nitrogens with zero attached hydrogens (tertiary/aromatic N) is 1. The fourth-order valence-corrected chi connectivity index (χ4v) is 4.67. The van der Waals surface area contributed by atoms with Crippen molar-refractivity contribution in [1.82, 2.24) is 10.2 Å². The smallest absolute Gasteiger partial charge is 0.224 e. The summed E-state index contributed by atoms with van der Waals surface area (Å²) in [6.45, 7) is 3.85. The topological polar surface area (TPSA) is 32.3 Å². The molecule has 120 valence electrons. The van der Waals surface area contributed by atoms with Crippen molar-refractivity contribution < 1.29 is 4.79 Å². The second-order valence-corrected chi connectivity index (χ2v) is 7.68. The second-order valence-electron chi connectivity index (χ2n) is 6.53. The molecule has 0 spiro atoms. The number of hydrogen-bond acceptors (Lipinski definition) is 3. The summed E-state index contributed by atoms with van der Waals surface area (Å²) in [7, 11) is 0. The van der Waals surface area contributed by atoms with Crippen LogP contribution in [-0.4, -0.2) is 41.9 Å². The van der Waals surface area contributed by atoms with Crippen LogP contribution in [0.2, 0.25) is 0 Å². The zero-order chi connectivity index (χ0) is 15.2. The average Bonchev–Trinajstić information content (AvgIpc) is 3.07. The lowest BCUT2D eigenvalue weighted by molar-refractivity contribution is -0.126. The first-order valence-corrected chi connectivity index (χ1v) is 9.58. The molecule has 4 heteroatoms. The van der Waals surface area contributed by atoms with Crippen LogP contribution in [0.5, 0.6) is 0 Å². The van der Waals surface area contributed by atoms with Crippen molar-refractivity contribution in [3.05, 3.63) is 35.9 Å². The number of thioether (sulfide) groups is 1. The molecule has 2 atom stereocenters. The molecule has 1 aromatic carbocycles. The molecule has 1 amide bonds. The van der Waals surface area contributed by atoms with Crippen LogP contribution < -0.4 is 5.32 Å². The monoisotopic (exact) mass is 318 g/mol. The summed E-state index contributed by atoms with van der Waals surface area (Å²) in [4.78, 5) is 14.8. The van der Waals surface area contributed by atoms with Crippen LogP contribution in [0.3, 0.4) is 0 Å². The first kappa shape index (κ1) is 15.9. The first-order chi connectivity index (χ1) is 10.8. The van der Waals surface area contributed by atoms with Gasteiger partial charge in [0.2, 0.25) is 5.91 Å². The molecule has 0 radical (unpaired) electrons. The molecule has 3 rings (SSSR count). The molecule has 22 heavy (non-hydrogen) atoms. The van der Waals surface area contributed by atoms with Gasteiger partial charge in [-0.3, -0.25) is 9.69 Å². The van der Waals surface area contributed by atoms with Gasteiger partial charge in [-0.2, -0.15) is 11.8 Å². The fourth-order valence-electron chi connectivity index (χ4n) is 3.39. The Morgan fingerprint density at radius 1 is 1.27 bits per heavy atom. The van der Waals surface area contributed by atoms with Crippen molar-refractivity contribution in [2.24, 2.45) is 11.8 Å². The number of rotatable bonds is 5. The molecule has 0 aliphatic carbocycles. The zero-order valence-corrected chi connectivity index (χ0v) is 14.0. The van der Waals surface area contributed by atoms with E-state index in [-0.39, 0.29) is 11.8 Å². The van der Waals surface area contributed by atoms with E-state index in [2.05, 4.69) is 40.5 Å². The minimum absolute atomic E-state index is 0.173. The number of amides is 1. The summed E-state index contributed by atoms with van der Waals surface area (Å²) in [6.07, 6.45) is 3.43. The van der Waals surface area contributed by atoms with Gasteiger partial charge in [0, 0.05) is 19.6 Å². The maximum Gasteiger partial charge on any atom is 0.224 e. The van der Waals surface area contributed by atoms with Crippen molar-refractivity contribution in [2.75, 3.05) is 31.1 Å². The highest BCUT2D eigenvalue weighted by Crippen LogP contribution is 2.23. The van der Waals surface area contributed by atoms with Gasteiger partial charge in [-0.25, -0.2) is 0 Å². The SMILES string of the molecule is O=C(NC[C@@H]1CCSC1)[C@H]1CCCN(Cc2ccccc2)C1. The Labute approximate surface area is 137 Å². The van der Waals surface area contributed by atoms with Crippen molar-refractivity contribution in [2.45, 2.75) is 25.8 Å². The number of benzene rings is 1. The molecule has 0 saturated carbocycles. The van der Waals surface area contributed by atoms with Gasteiger partial charge < -0.3 is 5.32 Å². The van der Waals surface area contributed by atoms with Gasteiger partial charge in [-0.1, -0.05) is 30.3 Å². The Bertz CT molecular complexity index is 473. The van der Waals surface area contributed by atoms with E-state index in [1.807, 2.05) is 11.8 Å². The third-order valence-electron chi connectivity index (χ3n) is 4.71. The summed E-state index contributed by atoms with van der Waals surface area (Å²) in [6, 6.07) is 10.6. The van der Waals surface area contributed by atoms with Crippen LogP contribution in [-0.2, 0) is 11.3 Å². The third-order valence-corrected chi connectivity index (χ3v) is 5.95. The van der Waals surface area contributed by atoms with Crippen LogP contribution in [0.25, 0.3) is 0 Å². The van der Waals surface area contributed by atoms with Crippen molar-refractivity contribution >= 4 is 17.7 Å². The van der Waals surface area contributed by atoms with Gasteiger partial charge in [0.05, 0.1) is 5.92 Å². The molecule has 0 aromatic heterocycles. The summed E-state index contributed by atoms with van der Waals surface area (Å²) in [5.41, 5.74) is 1.34. The van der Waals surface area contributed by atoms with E-state index in [0.717, 1.165) is 39.0 Å². The maximum absolute atomic E-state index is 12.4. The molecule has 1 N–H and O–H groups in total. The van der Waals surface area contributed by atoms with E-state index in [9.17, 15) is 4.79 Å². The average molecular weight is 318 g/mol. The Kier molecular flexibility index (Phi) is 5.79. The van der Waals surface area contributed by atoms with E-state index in [0.29, 0.717) is 5.92 Å². The Balaban J connectivity index is 1.46. The summed E-state index contributed by atoms with van der Waals surface area (Å²) < 4.78 is 0. The van der Waals surface area contributed by atoms with Gasteiger partial charge >= 0.3 is 0 Å². The lowest BCUT2D eigenvalue weighted by Gasteiger charge is -2.32. The summed E-state index contributed by atoms with van der Waals surface area (Å²) in [5, 5.41) is 3.20. The van der Waals surface area contributed by atoms with Gasteiger partial charge in [-0.15, -0.1) is 0 Å². The number of piperidine rings is 1. The summed E-state index contributed by atoms with van der Waals surface area (Å²) in [5.74, 6) is 3.61. The maximum atomic E-state index is 12.4. The van der Waals surface area contributed by atoms with Gasteiger partial charge in [0.1, 0.15) is 0 Å². The van der Waals surface area contributed by atoms with E-state index < -0.39 is 0 Å².